The van der Waals surface area contributed by atoms with Crippen LogP contribution in [0.1, 0.15) is 47.2 Å². The van der Waals surface area contributed by atoms with Crippen LogP contribution in [0.3, 0.4) is 0 Å². The number of thiazole rings is 1. The van der Waals surface area contributed by atoms with E-state index in [0.29, 0.717) is 5.92 Å². The van der Waals surface area contributed by atoms with E-state index in [1.165, 1.54) is 41.9 Å². The van der Waals surface area contributed by atoms with Gasteiger partial charge >= 0.3 is 5.97 Å². The maximum Gasteiger partial charge on any atom is 0.310 e. The Morgan fingerprint density at radius 3 is 2.80 bits per heavy atom. The largest absolute Gasteiger partial charge is 0.481 e. The molecule has 1 aromatic rings. The van der Waals surface area contributed by atoms with Crippen LogP contribution in [0, 0.1) is 6.92 Å². The lowest BCUT2D eigenvalue weighted by Crippen LogP contribution is -2.00. The molecule has 0 unspecified atom stereocenters. The summed E-state index contributed by atoms with van der Waals surface area (Å²) in [4.78, 5) is 16.3. The Labute approximate surface area is 93.2 Å². The molecular formula is C11H15NO2S. The summed E-state index contributed by atoms with van der Waals surface area (Å²) in [5.74, 6) is -0.203. The van der Waals surface area contributed by atoms with Crippen molar-refractivity contribution in [2.45, 2.75) is 44.9 Å². The number of aliphatic carboxylic acids is 1. The number of carbonyl (C=O) groups is 1. The fourth-order valence-electron chi connectivity index (χ4n) is 2.25. The van der Waals surface area contributed by atoms with Crippen molar-refractivity contribution in [3.05, 3.63) is 15.6 Å². The lowest BCUT2D eigenvalue weighted by Gasteiger charge is -2.05. The van der Waals surface area contributed by atoms with Crippen molar-refractivity contribution < 1.29 is 9.90 Å². The molecule has 1 aliphatic carbocycles. The van der Waals surface area contributed by atoms with Gasteiger partial charge in [0.2, 0.25) is 0 Å². The molecule has 1 heterocycles. The normalized spacial score (nSPS) is 17.1. The molecule has 4 heteroatoms. The molecule has 0 saturated heterocycles. The summed E-state index contributed by atoms with van der Waals surface area (Å²) < 4.78 is 0. The van der Waals surface area contributed by atoms with Crippen LogP contribution in [0.25, 0.3) is 0 Å². The third kappa shape index (κ3) is 2.37. The van der Waals surface area contributed by atoms with Crippen LogP contribution in [0.15, 0.2) is 0 Å². The predicted octanol–water partition coefficient (Wildman–Crippen LogP) is 2.74. The van der Waals surface area contributed by atoms with Crippen molar-refractivity contribution in [1.29, 1.82) is 0 Å². The molecule has 0 amide bonds. The number of carboxylic acid groups (broad SMARTS) is 1. The molecule has 1 N–H and O–H groups in total. The van der Waals surface area contributed by atoms with Crippen molar-refractivity contribution in [3.8, 4) is 0 Å². The van der Waals surface area contributed by atoms with Crippen molar-refractivity contribution in [2.75, 3.05) is 0 Å². The first-order valence-electron chi connectivity index (χ1n) is 5.35. The second-order valence-corrected chi connectivity index (χ2v) is 5.39. The Balaban J connectivity index is 2.17. The highest BCUT2D eigenvalue weighted by molar-refractivity contribution is 7.11. The molecule has 0 aromatic carbocycles. The third-order valence-electron chi connectivity index (χ3n) is 2.92. The summed E-state index contributed by atoms with van der Waals surface area (Å²) in [5, 5.41) is 9.45. The highest BCUT2D eigenvalue weighted by Crippen LogP contribution is 2.36. The lowest BCUT2D eigenvalue weighted by molar-refractivity contribution is -0.136. The van der Waals surface area contributed by atoms with Gasteiger partial charge in [-0.3, -0.25) is 4.79 Å². The Bertz CT molecular complexity index is 367. The van der Waals surface area contributed by atoms with E-state index < -0.39 is 5.97 Å². The van der Waals surface area contributed by atoms with Crippen LogP contribution < -0.4 is 0 Å². The Hall–Kier alpha value is -0.900. The number of rotatable bonds is 3. The van der Waals surface area contributed by atoms with Gasteiger partial charge in [-0.05, 0) is 19.8 Å². The van der Waals surface area contributed by atoms with E-state index in [1.807, 2.05) is 0 Å². The second kappa shape index (κ2) is 4.31. The van der Waals surface area contributed by atoms with Gasteiger partial charge in [0, 0.05) is 10.8 Å². The fourth-order valence-corrected chi connectivity index (χ4v) is 3.26. The van der Waals surface area contributed by atoms with Crippen molar-refractivity contribution in [2.24, 2.45) is 0 Å². The maximum atomic E-state index is 10.6. The standard InChI is InChI=1S/C11H15NO2S/c1-7-11(8-4-2-3-5-8)12-9(15-7)6-10(13)14/h8H,2-6H2,1H3,(H,13,14). The molecule has 1 saturated carbocycles. The SMILES string of the molecule is Cc1sc(CC(=O)O)nc1C1CCCC1. The Morgan fingerprint density at radius 1 is 1.53 bits per heavy atom. The van der Waals surface area contributed by atoms with Gasteiger partial charge in [-0.1, -0.05) is 12.8 Å². The number of carboxylic acids is 1. The molecule has 0 spiro atoms. The molecule has 1 aromatic heterocycles. The lowest BCUT2D eigenvalue weighted by atomic mass is 10.0. The molecule has 0 radical (unpaired) electrons. The molecule has 0 bridgehead atoms. The van der Waals surface area contributed by atoms with Crippen LogP contribution in [0.2, 0.25) is 0 Å². The number of nitrogens with zero attached hydrogens (tertiary/aromatic N) is 1. The average molecular weight is 225 g/mol. The summed E-state index contributed by atoms with van der Waals surface area (Å²) in [5.41, 5.74) is 1.16. The van der Waals surface area contributed by atoms with Crippen LogP contribution in [-0.4, -0.2) is 16.1 Å². The van der Waals surface area contributed by atoms with Gasteiger partial charge < -0.3 is 5.11 Å². The fraction of sp³-hybridized carbons (Fsp3) is 0.636. The molecule has 82 valence electrons. The number of hydrogen-bond acceptors (Lipinski definition) is 3. The summed E-state index contributed by atoms with van der Waals surface area (Å²) in [6, 6.07) is 0. The first kappa shape index (κ1) is 10.6. The Morgan fingerprint density at radius 2 is 2.20 bits per heavy atom. The highest BCUT2D eigenvalue weighted by atomic mass is 32.1. The first-order valence-corrected chi connectivity index (χ1v) is 6.16. The van der Waals surface area contributed by atoms with E-state index in [-0.39, 0.29) is 6.42 Å². The average Bonchev–Trinajstić information content (AvgIpc) is 2.72. The van der Waals surface area contributed by atoms with E-state index in [1.54, 1.807) is 0 Å². The zero-order valence-electron chi connectivity index (χ0n) is 8.82. The van der Waals surface area contributed by atoms with Crippen LogP contribution in [-0.2, 0) is 11.2 Å². The van der Waals surface area contributed by atoms with E-state index in [9.17, 15) is 4.79 Å². The smallest absolute Gasteiger partial charge is 0.310 e. The highest BCUT2D eigenvalue weighted by Gasteiger charge is 2.22. The van der Waals surface area contributed by atoms with Gasteiger partial charge in [0.25, 0.3) is 0 Å². The Kier molecular flexibility index (Phi) is 3.05. The quantitative estimate of drug-likeness (QED) is 0.860. The minimum Gasteiger partial charge on any atom is -0.481 e. The zero-order valence-corrected chi connectivity index (χ0v) is 9.64. The van der Waals surface area contributed by atoms with E-state index in [4.69, 9.17) is 5.11 Å². The number of hydrogen-bond donors (Lipinski definition) is 1. The minimum absolute atomic E-state index is 0.0677. The third-order valence-corrected chi connectivity index (χ3v) is 3.91. The summed E-state index contributed by atoms with van der Waals surface area (Å²) in [6.07, 6.45) is 5.08. The van der Waals surface area contributed by atoms with Gasteiger partial charge in [-0.2, -0.15) is 0 Å². The summed E-state index contributed by atoms with van der Waals surface area (Å²) in [7, 11) is 0. The number of aromatic nitrogens is 1. The molecule has 1 aliphatic rings. The monoisotopic (exact) mass is 225 g/mol. The van der Waals surface area contributed by atoms with Crippen molar-refractivity contribution in [3.63, 3.8) is 0 Å². The first-order chi connectivity index (χ1) is 7.16. The maximum absolute atomic E-state index is 10.6. The molecule has 2 rings (SSSR count). The van der Waals surface area contributed by atoms with Gasteiger partial charge in [-0.15, -0.1) is 11.3 Å². The van der Waals surface area contributed by atoms with Crippen LogP contribution in [0.4, 0.5) is 0 Å². The van der Waals surface area contributed by atoms with Crippen LogP contribution in [0.5, 0.6) is 0 Å². The van der Waals surface area contributed by atoms with Gasteiger partial charge in [-0.25, -0.2) is 4.98 Å². The summed E-state index contributed by atoms with van der Waals surface area (Å²) in [6.45, 7) is 2.05. The van der Waals surface area contributed by atoms with E-state index in [2.05, 4.69) is 11.9 Å². The minimum atomic E-state index is -0.790. The number of aryl methyl sites for hydroxylation is 1. The molecule has 0 atom stereocenters. The van der Waals surface area contributed by atoms with Gasteiger partial charge in [0.05, 0.1) is 12.1 Å². The van der Waals surface area contributed by atoms with Gasteiger partial charge in [0.15, 0.2) is 0 Å². The van der Waals surface area contributed by atoms with Gasteiger partial charge in [0.1, 0.15) is 5.01 Å². The predicted molar refractivity (Wildman–Crippen MR) is 59.4 cm³/mol. The molecule has 0 aliphatic heterocycles. The summed E-state index contributed by atoms with van der Waals surface area (Å²) >= 11 is 1.54. The molecule has 3 nitrogen and oxygen atoms in total. The van der Waals surface area contributed by atoms with Crippen LogP contribution >= 0.6 is 11.3 Å². The molecular weight excluding hydrogens is 210 g/mol. The van der Waals surface area contributed by atoms with Crippen molar-refractivity contribution >= 4 is 17.3 Å². The topological polar surface area (TPSA) is 50.2 Å². The molecule has 15 heavy (non-hydrogen) atoms. The van der Waals surface area contributed by atoms with E-state index >= 15 is 0 Å². The van der Waals surface area contributed by atoms with E-state index in [0.717, 1.165) is 10.7 Å². The zero-order chi connectivity index (χ0) is 10.8. The second-order valence-electron chi connectivity index (χ2n) is 4.10. The van der Waals surface area contributed by atoms with Crippen molar-refractivity contribution in [1.82, 2.24) is 4.98 Å². The molecule has 1 fully saturated rings.